The molecule has 1 fully saturated rings. The molecule has 4 nitrogen and oxygen atoms in total. The van der Waals surface area contributed by atoms with Crippen molar-refractivity contribution in [3.63, 3.8) is 0 Å². The highest BCUT2D eigenvalue weighted by Gasteiger charge is 2.30. The van der Waals surface area contributed by atoms with E-state index in [-0.39, 0.29) is 12.1 Å². The van der Waals surface area contributed by atoms with Gasteiger partial charge in [0.1, 0.15) is 5.60 Å². The normalized spacial score (nSPS) is 19.6. The Morgan fingerprint density at radius 1 is 1.24 bits per heavy atom. The molecule has 2 rings (SSSR count). The van der Waals surface area contributed by atoms with Gasteiger partial charge in [0.2, 0.25) is 0 Å². The molecule has 0 radical (unpaired) electrons. The number of anilines is 1. The Kier molecular flexibility index (Phi) is 4.45. The highest BCUT2D eigenvalue weighted by atomic mass is 16.6. The van der Waals surface area contributed by atoms with Gasteiger partial charge in [-0.2, -0.15) is 0 Å². The Hall–Kier alpha value is -1.71. The predicted molar refractivity (Wildman–Crippen MR) is 85.8 cm³/mol. The summed E-state index contributed by atoms with van der Waals surface area (Å²) in [4.78, 5) is 16.3. The van der Waals surface area contributed by atoms with E-state index in [1.165, 1.54) is 11.3 Å². The SMILES string of the molecule is Cc1ccccc1N1CCN(C(=O)OC(C)(C)C)CC1C. The summed E-state index contributed by atoms with van der Waals surface area (Å²) >= 11 is 0. The van der Waals surface area contributed by atoms with Crippen molar-refractivity contribution in [3.8, 4) is 0 Å². The van der Waals surface area contributed by atoms with Crippen LogP contribution in [0.15, 0.2) is 24.3 Å². The summed E-state index contributed by atoms with van der Waals surface area (Å²) in [5.41, 5.74) is 2.09. The summed E-state index contributed by atoms with van der Waals surface area (Å²) in [5, 5.41) is 0. The van der Waals surface area contributed by atoms with Crippen LogP contribution in [-0.2, 0) is 4.74 Å². The molecule has 0 aliphatic carbocycles. The van der Waals surface area contributed by atoms with Gasteiger partial charge in [-0.1, -0.05) is 18.2 Å². The number of aryl methyl sites for hydroxylation is 1. The van der Waals surface area contributed by atoms with Crippen LogP contribution in [0.4, 0.5) is 10.5 Å². The molecule has 1 saturated heterocycles. The molecule has 1 heterocycles. The number of piperazine rings is 1. The van der Waals surface area contributed by atoms with Crippen LogP contribution in [0.1, 0.15) is 33.3 Å². The van der Waals surface area contributed by atoms with Gasteiger partial charge in [0, 0.05) is 31.4 Å². The molecule has 1 aromatic carbocycles. The van der Waals surface area contributed by atoms with E-state index in [9.17, 15) is 4.79 Å². The monoisotopic (exact) mass is 290 g/mol. The van der Waals surface area contributed by atoms with E-state index in [0.29, 0.717) is 13.1 Å². The van der Waals surface area contributed by atoms with Crippen LogP contribution in [0, 0.1) is 6.92 Å². The Bertz CT molecular complexity index is 508. The van der Waals surface area contributed by atoms with Crippen LogP contribution in [0.3, 0.4) is 0 Å². The zero-order valence-corrected chi connectivity index (χ0v) is 13.7. The molecule has 1 unspecified atom stereocenters. The lowest BCUT2D eigenvalue weighted by Gasteiger charge is -2.42. The van der Waals surface area contributed by atoms with Gasteiger partial charge in [-0.05, 0) is 46.2 Å². The number of para-hydroxylation sites is 1. The number of hydrogen-bond acceptors (Lipinski definition) is 3. The maximum absolute atomic E-state index is 12.2. The quantitative estimate of drug-likeness (QED) is 0.794. The van der Waals surface area contributed by atoms with Gasteiger partial charge < -0.3 is 14.5 Å². The number of carbonyl (C=O) groups is 1. The molecule has 1 aliphatic heterocycles. The van der Waals surface area contributed by atoms with E-state index < -0.39 is 5.60 Å². The molecule has 1 atom stereocenters. The fourth-order valence-electron chi connectivity index (χ4n) is 2.69. The summed E-state index contributed by atoms with van der Waals surface area (Å²) in [6.07, 6.45) is -0.209. The molecule has 21 heavy (non-hydrogen) atoms. The number of rotatable bonds is 1. The summed E-state index contributed by atoms with van der Waals surface area (Å²) in [7, 11) is 0. The molecule has 0 N–H and O–H groups in total. The van der Waals surface area contributed by atoms with Crippen molar-refractivity contribution in [2.24, 2.45) is 0 Å². The fraction of sp³-hybridized carbons (Fsp3) is 0.588. The maximum atomic E-state index is 12.2. The molecule has 0 saturated carbocycles. The highest BCUT2D eigenvalue weighted by molar-refractivity contribution is 5.69. The Morgan fingerprint density at radius 2 is 1.90 bits per heavy atom. The number of amides is 1. The first-order valence-electron chi connectivity index (χ1n) is 7.58. The minimum absolute atomic E-state index is 0.209. The standard InChI is InChI=1S/C17H26N2O2/c1-13-8-6-7-9-15(13)19-11-10-18(12-14(19)2)16(20)21-17(3,4)5/h6-9,14H,10-12H2,1-5H3. The van der Waals surface area contributed by atoms with Gasteiger partial charge in [0.15, 0.2) is 0 Å². The first-order valence-corrected chi connectivity index (χ1v) is 7.58. The number of benzene rings is 1. The van der Waals surface area contributed by atoms with E-state index in [1.54, 1.807) is 0 Å². The minimum atomic E-state index is -0.437. The van der Waals surface area contributed by atoms with Crippen molar-refractivity contribution in [3.05, 3.63) is 29.8 Å². The molecular weight excluding hydrogens is 264 g/mol. The number of nitrogens with zero attached hydrogens (tertiary/aromatic N) is 2. The minimum Gasteiger partial charge on any atom is -0.444 e. The van der Waals surface area contributed by atoms with Crippen LogP contribution >= 0.6 is 0 Å². The van der Waals surface area contributed by atoms with Gasteiger partial charge in [-0.15, -0.1) is 0 Å². The second-order valence-electron chi connectivity index (χ2n) is 6.76. The van der Waals surface area contributed by atoms with Crippen molar-refractivity contribution in [2.75, 3.05) is 24.5 Å². The third-order valence-corrected chi connectivity index (χ3v) is 3.70. The topological polar surface area (TPSA) is 32.8 Å². The van der Waals surface area contributed by atoms with Gasteiger partial charge in [0.05, 0.1) is 0 Å². The number of ether oxygens (including phenoxy) is 1. The third-order valence-electron chi connectivity index (χ3n) is 3.70. The molecule has 0 bridgehead atoms. The molecule has 116 valence electrons. The van der Waals surface area contributed by atoms with Gasteiger partial charge in [-0.3, -0.25) is 0 Å². The lowest BCUT2D eigenvalue weighted by atomic mass is 10.1. The van der Waals surface area contributed by atoms with Crippen LogP contribution < -0.4 is 4.90 Å². The first kappa shape index (κ1) is 15.7. The van der Waals surface area contributed by atoms with Crippen molar-refractivity contribution >= 4 is 11.8 Å². The molecular formula is C17H26N2O2. The van der Waals surface area contributed by atoms with Crippen molar-refractivity contribution < 1.29 is 9.53 Å². The number of carbonyl (C=O) groups excluding carboxylic acids is 1. The first-order chi connectivity index (χ1) is 9.78. The average Bonchev–Trinajstić information content (AvgIpc) is 2.38. The highest BCUT2D eigenvalue weighted by Crippen LogP contribution is 2.24. The molecule has 0 aromatic heterocycles. The van der Waals surface area contributed by atoms with Crippen molar-refractivity contribution in [1.82, 2.24) is 4.90 Å². The largest absolute Gasteiger partial charge is 0.444 e. The van der Waals surface area contributed by atoms with E-state index >= 15 is 0 Å². The molecule has 1 aromatic rings. The summed E-state index contributed by atoms with van der Waals surface area (Å²) in [5.74, 6) is 0. The summed E-state index contributed by atoms with van der Waals surface area (Å²) < 4.78 is 5.46. The van der Waals surface area contributed by atoms with Gasteiger partial charge in [-0.25, -0.2) is 4.79 Å². The molecule has 4 heteroatoms. The number of hydrogen-bond donors (Lipinski definition) is 0. The van der Waals surface area contributed by atoms with Gasteiger partial charge >= 0.3 is 6.09 Å². The lowest BCUT2D eigenvalue weighted by Crippen LogP contribution is -2.54. The lowest BCUT2D eigenvalue weighted by molar-refractivity contribution is 0.0219. The predicted octanol–water partition coefficient (Wildman–Crippen LogP) is 3.44. The van der Waals surface area contributed by atoms with Crippen LogP contribution in [0.25, 0.3) is 0 Å². The third kappa shape index (κ3) is 3.90. The van der Waals surface area contributed by atoms with E-state index in [0.717, 1.165) is 6.54 Å². The zero-order chi connectivity index (χ0) is 15.6. The van der Waals surface area contributed by atoms with E-state index in [1.807, 2.05) is 25.7 Å². The average molecular weight is 290 g/mol. The Balaban J connectivity index is 2.03. The summed E-state index contributed by atoms with van der Waals surface area (Å²) in [6, 6.07) is 8.68. The summed E-state index contributed by atoms with van der Waals surface area (Å²) in [6.45, 7) is 12.2. The Morgan fingerprint density at radius 3 is 2.48 bits per heavy atom. The van der Waals surface area contributed by atoms with Crippen LogP contribution in [0.5, 0.6) is 0 Å². The second-order valence-corrected chi connectivity index (χ2v) is 6.76. The van der Waals surface area contributed by atoms with Crippen LogP contribution in [-0.4, -0.2) is 42.3 Å². The maximum Gasteiger partial charge on any atom is 0.410 e. The molecule has 0 spiro atoms. The Labute approximate surface area is 127 Å². The molecule has 1 amide bonds. The molecule has 1 aliphatic rings. The van der Waals surface area contributed by atoms with E-state index in [2.05, 4.69) is 43.0 Å². The van der Waals surface area contributed by atoms with Crippen molar-refractivity contribution in [2.45, 2.75) is 46.3 Å². The fourth-order valence-corrected chi connectivity index (χ4v) is 2.69. The van der Waals surface area contributed by atoms with Gasteiger partial charge in [0.25, 0.3) is 0 Å². The van der Waals surface area contributed by atoms with Crippen LogP contribution in [0.2, 0.25) is 0 Å². The van der Waals surface area contributed by atoms with E-state index in [4.69, 9.17) is 4.74 Å². The van der Waals surface area contributed by atoms with Crippen molar-refractivity contribution in [1.29, 1.82) is 0 Å². The smallest absolute Gasteiger partial charge is 0.410 e. The second kappa shape index (κ2) is 5.96. The zero-order valence-electron chi connectivity index (χ0n) is 13.7.